The molecule has 4 rings (SSSR count). The number of amides is 1. The third-order valence-corrected chi connectivity index (χ3v) is 5.25. The number of ether oxygens (including phenoxy) is 1. The van der Waals surface area contributed by atoms with E-state index in [2.05, 4.69) is 4.98 Å². The highest BCUT2D eigenvalue weighted by Gasteiger charge is 2.46. The summed E-state index contributed by atoms with van der Waals surface area (Å²) in [6.45, 7) is 2.97. The molecule has 0 unspecified atom stereocenters. The minimum absolute atomic E-state index is 0.0144. The molecule has 126 valence electrons. The summed E-state index contributed by atoms with van der Waals surface area (Å²) in [5.41, 5.74) is 1.18. The molecule has 3 heterocycles. The number of ketones is 1. The molecule has 1 amide bonds. The Hall–Kier alpha value is -2.21. The summed E-state index contributed by atoms with van der Waals surface area (Å²) in [7, 11) is 0. The number of piperidine rings is 1. The van der Waals surface area contributed by atoms with Crippen molar-refractivity contribution < 1.29 is 18.7 Å². The predicted octanol–water partition coefficient (Wildman–Crippen LogP) is 2.58. The number of hydrogen-bond donors (Lipinski definition) is 1. The van der Waals surface area contributed by atoms with Gasteiger partial charge in [-0.3, -0.25) is 9.59 Å². The third kappa shape index (κ3) is 2.24. The second-order valence-electron chi connectivity index (χ2n) is 6.66. The van der Waals surface area contributed by atoms with Crippen molar-refractivity contribution in [1.29, 1.82) is 0 Å². The van der Waals surface area contributed by atoms with Gasteiger partial charge in [0.15, 0.2) is 5.78 Å². The van der Waals surface area contributed by atoms with Crippen LogP contribution in [0.3, 0.4) is 0 Å². The maximum Gasteiger partial charge on any atom is 0.270 e. The molecular weight excluding hydrogens is 311 g/mol. The first kappa shape index (κ1) is 15.3. The molecule has 2 aliphatic heterocycles. The molecule has 0 radical (unpaired) electrons. The van der Waals surface area contributed by atoms with Gasteiger partial charge in [-0.25, -0.2) is 4.39 Å². The summed E-state index contributed by atoms with van der Waals surface area (Å²) in [6.07, 6.45) is 2.19. The lowest BCUT2D eigenvalue weighted by Gasteiger charge is -2.37. The maximum atomic E-state index is 13.4. The number of fused-ring (bicyclic) bond motifs is 1. The van der Waals surface area contributed by atoms with Crippen molar-refractivity contribution in [3.8, 4) is 0 Å². The lowest BCUT2D eigenvalue weighted by atomic mass is 9.87. The summed E-state index contributed by atoms with van der Waals surface area (Å²) in [5, 5.41) is 0.692. The maximum absolute atomic E-state index is 13.4. The van der Waals surface area contributed by atoms with Crippen molar-refractivity contribution in [3.05, 3.63) is 35.3 Å². The molecule has 1 N–H and O–H groups in total. The Morgan fingerprint density at radius 2 is 2.21 bits per heavy atom. The summed E-state index contributed by atoms with van der Waals surface area (Å²) in [5.74, 6) is -0.568. The van der Waals surface area contributed by atoms with Gasteiger partial charge in [-0.05, 0) is 43.5 Å². The highest BCUT2D eigenvalue weighted by atomic mass is 19.1. The van der Waals surface area contributed by atoms with Gasteiger partial charge in [-0.1, -0.05) is 0 Å². The highest BCUT2D eigenvalue weighted by Crippen LogP contribution is 2.34. The molecule has 2 fully saturated rings. The van der Waals surface area contributed by atoms with Crippen molar-refractivity contribution in [2.75, 3.05) is 19.7 Å². The van der Waals surface area contributed by atoms with Gasteiger partial charge in [0.2, 0.25) is 0 Å². The molecule has 1 spiro atoms. The Morgan fingerprint density at radius 1 is 1.38 bits per heavy atom. The van der Waals surface area contributed by atoms with Gasteiger partial charge in [0.1, 0.15) is 17.1 Å². The molecular formula is C18H19FN2O3. The molecule has 1 aromatic heterocycles. The van der Waals surface area contributed by atoms with Crippen LogP contribution in [0.25, 0.3) is 10.9 Å². The number of nitrogens with zero attached hydrogens (tertiary/aromatic N) is 1. The van der Waals surface area contributed by atoms with E-state index < -0.39 is 5.60 Å². The number of halogens is 1. The number of benzene rings is 1. The molecule has 24 heavy (non-hydrogen) atoms. The third-order valence-electron chi connectivity index (χ3n) is 5.25. The molecule has 0 aliphatic carbocycles. The predicted molar refractivity (Wildman–Crippen MR) is 86.4 cm³/mol. The zero-order valence-corrected chi connectivity index (χ0v) is 13.5. The Labute approximate surface area is 138 Å². The minimum atomic E-state index is -0.671. The topological polar surface area (TPSA) is 62.4 Å². The zero-order chi connectivity index (χ0) is 16.9. The van der Waals surface area contributed by atoms with Gasteiger partial charge in [0, 0.05) is 30.5 Å². The second kappa shape index (κ2) is 5.41. The molecule has 5 nitrogen and oxygen atoms in total. The van der Waals surface area contributed by atoms with E-state index in [1.54, 1.807) is 17.9 Å². The Bertz CT molecular complexity index is 836. The fraction of sp³-hybridized carbons (Fsp3) is 0.444. The standard InChI is InChI=1S/C18H19FN2O3/c1-11-13-9-12(19)3-4-14(13)20-16(11)17(23)21-7-6-18(15(22)10-21)5-2-8-24-18/h3-4,9,20H,2,5-8,10H2,1H3/t18-/m0/s1. The van der Waals surface area contributed by atoms with Crippen molar-refractivity contribution >= 4 is 22.6 Å². The molecule has 2 saturated heterocycles. The van der Waals surface area contributed by atoms with Crippen LogP contribution in [0.5, 0.6) is 0 Å². The van der Waals surface area contributed by atoms with Crippen molar-refractivity contribution in [2.24, 2.45) is 0 Å². The lowest BCUT2D eigenvalue weighted by Crippen LogP contribution is -2.53. The van der Waals surface area contributed by atoms with E-state index in [0.717, 1.165) is 18.4 Å². The van der Waals surface area contributed by atoms with Gasteiger partial charge in [-0.15, -0.1) is 0 Å². The van der Waals surface area contributed by atoms with Crippen molar-refractivity contribution in [1.82, 2.24) is 9.88 Å². The van der Waals surface area contributed by atoms with Gasteiger partial charge < -0.3 is 14.6 Å². The van der Waals surface area contributed by atoms with E-state index in [0.29, 0.717) is 36.2 Å². The Kier molecular flexibility index (Phi) is 3.46. The van der Waals surface area contributed by atoms with Crippen LogP contribution in [0.4, 0.5) is 4.39 Å². The van der Waals surface area contributed by atoms with Crippen LogP contribution in [-0.4, -0.2) is 46.9 Å². The van der Waals surface area contributed by atoms with Gasteiger partial charge in [0.05, 0.1) is 6.54 Å². The molecule has 2 aliphatic rings. The summed E-state index contributed by atoms with van der Waals surface area (Å²) in [4.78, 5) is 29.9. The van der Waals surface area contributed by atoms with Gasteiger partial charge >= 0.3 is 0 Å². The quantitative estimate of drug-likeness (QED) is 0.874. The van der Waals surface area contributed by atoms with E-state index >= 15 is 0 Å². The number of aromatic nitrogens is 1. The van der Waals surface area contributed by atoms with Gasteiger partial charge in [0.25, 0.3) is 5.91 Å². The zero-order valence-electron chi connectivity index (χ0n) is 13.5. The van der Waals surface area contributed by atoms with Crippen LogP contribution in [0.15, 0.2) is 18.2 Å². The average Bonchev–Trinajstić information content (AvgIpc) is 3.16. The fourth-order valence-electron chi connectivity index (χ4n) is 3.81. The monoisotopic (exact) mass is 330 g/mol. The number of rotatable bonds is 1. The van der Waals surface area contributed by atoms with E-state index in [1.165, 1.54) is 12.1 Å². The summed E-state index contributed by atoms with van der Waals surface area (Å²) < 4.78 is 19.1. The first-order valence-corrected chi connectivity index (χ1v) is 8.24. The summed E-state index contributed by atoms with van der Waals surface area (Å²) in [6, 6.07) is 4.40. The number of Topliss-reactive ketones (excluding diaryl/α,β-unsaturated/α-hetero) is 1. The van der Waals surface area contributed by atoms with Crippen molar-refractivity contribution in [3.63, 3.8) is 0 Å². The molecule has 6 heteroatoms. The van der Waals surface area contributed by atoms with E-state index in [1.807, 2.05) is 0 Å². The molecule has 1 aromatic carbocycles. The second-order valence-corrected chi connectivity index (χ2v) is 6.66. The number of aromatic amines is 1. The molecule has 0 bridgehead atoms. The highest BCUT2D eigenvalue weighted by molar-refractivity contribution is 6.03. The fourth-order valence-corrected chi connectivity index (χ4v) is 3.81. The number of H-pyrrole nitrogens is 1. The number of carbonyl (C=O) groups is 2. The lowest BCUT2D eigenvalue weighted by molar-refractivity contribution is -0.144. The molecule has 2 aromatic rings. The molecule has 1 atom stereocenters. The van der Waals surface area contributed by atoms with E-state index in [-0.39, 0.29) is 24.1 Å². The van der Waals surface area contributed by atoms with Crippen molar-refractivity contribution in [2.45, 2.75) is 31.8 Å². The van der Waals surface area contributed by atoms with Crippen LogP contribution in [0.2, 0.25) is 0 Å². The summed E-state index contributed by atoms with van der Waals surface area (Å²) >= 11 is 0. The number of hydrogen-bond acceptors (Lipinski definition) is 3. The van der Waals surface area contributed by atoms with Crippen LogP contribution >= 0.6 is 0 Å². The average molecular weight is 330 g/mol. The van der Waals surface area contributed by atoms with Gasteiger partial charge in [-0.2, -0.15) is 0 Å². The minimum Gasteiger partial charge on any atom is -0.367 e. The molecule has 0 saturated carbocycles. The van der Waals surface area contributed by atoms with Crippen LogP contribution < -0.4 is 0 Å². The Balaban J connectivity index is 1.61. The first-order chi connectivity index (χ1) is 11.5. The number of aryl methyl sites for hydroxylation is 1. The van der Waals surface area contributed by atoms with Crippen LogP contribution in [0, 0.1) is 12.7 Å². The first-order valence-electron chi connectivity index (χ1n) is 8.24. The number of nitrogens with one attached hydrogen (secondary N) is 1. The van der Waals surface area contributed by atoms with Crippen LogP contribution in [-0.2, 0) is 9.53 Å². The SMILES string of the molecule is Cc1c(C(=O)N2CC[C@@]3(CCCO3)C(=O)C2)[nH]c2ccc(F)cc12. The number of carbonyl (C=O) groups excluding carboxylic acids is 2. The van der Waals surface area contributed by atoms with E-state index in [9.17, 15) is 14.0 Å². The normalized spacial score (nSPS) is 24.2. The van der Waals surface area contributed by atoms with E-state index in [4.69, 9.17) is 4.74 Å². The largest absolute Gasteiger partial charge is 0.367 e. The smallest absolute Gasteiger partial charge is 0.270 e. The Morgan fingerprint density at radius 3 is 2.92 bits per heavy atom. The van der Waals surface area contributed by atoms with Crippen LogP contribution in [0.1, 0.15) is 35.3 Å². The number of likely N-dealkylation sites (tertiary alicyclic amines) is 1.